The van der Waals surface area contributed by atoms with E-state index in [2.05, 4.69) is 15.3 Å². The lowest BCUT2D eigenvalue weighted by atomic mass is 10.0. The van der Waals surface area contributed by atoms with Gasteiger partial charge in [-0.15, -0.1) is 0 Å². The average Bonchev–Trinajstić information content (AvgIpc) is 2.15. The molecule has 8 nitrogen and oxygen atoms in total. The number of nitro groups is 1. The molecule has 17 heavy (non-hydrogen) atoms. The number of hydrogen-bond acceptors (Lipinski definition) is 6. The van der Waals surface area contributed by atoms with E-state index in [1.165, 1.54) is 0 Å². The highest BCUT2D eigenvalue weighted by atomic mass is 16.6. The van der Waals surface area contributed by atoms with Gasteiger partial charge < -0.3 is 10.4 Å². The summed E-state index contributed by atoms with van der Waals surface area (Å²) < 4.78 is 0. The van der Waals surface area contributed by atoms with Crippen LogP contribution in [0.1, 0.15) is 20.3 Å². The van der Waals surface area contributed by atoms with Gasteiger partial charge in [-0.2, -0.15) is 0 Å². The zero-order valence-electron chi connectivity index (χ0n) is 9.38. The van der Waals surface area contributed by atoms with E-state index >= 15 is 0 Å². The Labute approximate surface area is 96.9 Å². The summed E-state index contributed by atoms with van der Waals surface area (Å²) >= 11 is 0. The van der Waals surface area contributed by atoms with E-state index in [0.29, 0.717) is 0 Å². The summed E-state index contributed by atoms with van der Waals surface area (Å²) in [5, 5.41) is 21.8. The summed E-state index contributed by atoms with van der Waals surface area (Å²) in [6.07, 6.45) is 2.01. The molecule has 2 N–H and O–H groups in total. The Morgan fingerprint density at radius 3 is 2.47 bits per heavy atom. The zero-order valence-corrected chi connectivity index (χ0v) is 9.38. The minimum Gasteiger partial charge on any atom is -0.481 e. The maximum Gasteiger partial charge on any atom is 0.305 e. The van der Waals surface area contributed by atoms with Crippen molar-refractivity contribution in [2.24, 2.45) is 0 Å². The molecule has 0 aliphatic heterocycles. The molecule has 0 fully saturated rings. The molecular formula is C9H12N4O4. The van der Waals surface area contributed by atoms with Gasteiger partial charge in [0.05, 0.1) is 11.3 Å². The molecular weight excluding hydrogens is 228 g/mol. The number of aromatic nitrogens is 2. The molecule has 0 aromatic carbocycles. The number of nitrogens with zero attached hydrogens (tertiary/aromatic N) is 3. The van der Waals surface area contributed by atoms with Crippen molar-refractivity contribution in [3.8, 4) is 0 Å². The maximum atomic E-state index is 10.6. The highest BCUT2D eigenvalue weighted by molar-refractivity contribution is 5.69. The average molecular weight is 240 g/mol. The fourth-order valence-electron chi connectivity index (χ4n) is 1.20. The van der Waals surface area contributed by atoms with Crippen LogP contribution in [-0.2, 0) is 4.79 Å². The third-order valence-corrected chi connectivity index (χ3v) is 1.89. The lowest BCUT2D eigenvalue weighted by molar-refractivity contribution is -0.385. The van der Waals surface area contributed by atoms with Crippen LogP contribution in [-0.4, -0.2) is 31.5 Å². The quantitative estimate of drug-likeness (QED) is 0.583. The van der Waals surface area contributed by atoms with E-state index in [1.807, 2.05) is 0 Å². The Hall–Kier alpha value is -2.25. The fraction of sp³-hybridized carbons (Fsp3) is 0.444. The number of carboxylic acid groups (broad SMARTS) is 1. The lowest BCUT2D eigenvalue weighted by Crippen LogP contribution is -2.34. The fourth-order valence-corrected chi connectivity index (χ4v) is 1.20. The van der Waals surface area contributed by atoms with E-state index in [4.69, 9.17) is 5.11 Å². The summed E-state index contributed by atoms with van der Waals surface area (Å²) in [5.74, 6) is -0.800. The Bertz CT molecular complexity index is 429. The smallest absolute Gasteiger partial charge is 0.305 e. The van der Waals surface area contributed by atoms with E-state index in [0.717, 1.165) is 12.4 Å². The first-order valence-corrected chi connectivity index (χ1v) is 4.76. The number of aliphatic carboxylic acids is 1. The third kappa shape index (κ3) is 4.01. The van der Waals surface area contributed by atoms with Gasteiger partial charge in [-0.3, -0.25) is 14.9 Å². The molecule has 0 unspecified atom stereocenters. The van der Waals surface area contributed by atoms with Crippen LogP contribution < -0.4 is 5.32 Å². The molecule has 0 amide bonds. The number of carboxylic acids is 1. The van der Waals surface area contributed by atoms with Crippen LogP contribution in [0.2, 0.25) is 0 Å². The second kappa shape index (κ2) is 4.73. The monoisotopic (exact) mass is 240 g/mol. The SMILES string of the molecule is CC(C)(CC(=O)O)Nc1ncc([N+](=O)[O-])cn1. The van der Waals surface area contributed by atoms with Gasteiger partial charge in [0.25, 0.3) is 0 Å². The molecule has 8 heteroatoms. The van der Waals surface area contributed by atoms with Gasteiger partial charge in [0.1, 0.15) is 12.4 Å². The largest absolute Gasteiger partial charge is 0.481 e. The van der Waals surface area contributed by atoms with Gasteiger partial charge in [0, 0.05) is 5.54 Å². The minimum absolute atomic E-state index is 0.118. The van der Waals surface area contributed by atoms with Crippen molar-refractivity contribution in [3.63, 3.8) is 0 Å². The van der Waals surface area contributed by atoms with Gasteiger partial charge in [-0.25, -0.2) is 9.97 Å². The lowest BCUT2D eigenvalue weighted by Gasteiger charge is -2.23. The molecule has 0 radical (unpaired) electrons. The number of rotatable bonds is 5. The molecule has 0 saturated carbocycles. The van der Waals surface area contributed by atoms with Crippen molar-refractivity contribution in [2.45, 2.75) is 25.8 Å². The number of nitrogens with one attached hydrogen (secondary N) is 1. The van der Waals surface area contributed by atoms with Crippen LogP contribution in [0.5, 0.6) is 0 Å². The summed E-state index contributed by atoms with van der Waals surface area (Å²) in [7, 11) is 0. The highest BCUT2D eigenvalue weighted by Gasteiger charge is 2.22. The molecule has 0 saturated heterocycles. The summed E-state index contributed by atoms with van der Waals surface area (Å²) in [4.78, 5) is 27.8. The molecule has 1 heterocycles. The molecule has 1 aromatic heterocycles. The second-order valence-corrected chi connectivity index (χ2v) is 4.10. The standard InChI is InChI=1S/C9H12N4O4/c1-9(2,3-7(14)15)12-8-10-4-6(5-11-8)13(16)17/h4-5H,3H2,1-2H3,(H,14,15)(H,10,11,12). The van der Waals surface area contributed by atoms with Crippen LogP contribution in [0.3, 0.4) is 0 Å². The molecule has 1 rings (SSSR count). The van der Waals surface area contributed by atoms with Crippen LogP contribution in [0.25, 0.3) is 0 Å². The van der Waals surface area contributed by atoms with Crippen molar-refractivity contribution in [1.82, 2.24) is 9.97 Å². The van der Waals surface area contributed by atoms with Crippen LogP contribution in [0.4, 0.5) is 11.6 Å². The van der Waals surface area contributed by atoms with E-state index in [9.17, 15) is 14.9 Å². The predicted octanol–water partition coefficient (Wildman–Crippen LogP) is 1.05. The van der Waals surface area contributed by atoms with Crippen LogP contribution >= 0.6 is 0 Å². The molecule has 92 valence electrons. The van der Waals surface area contributed by atoms with Crippen LogP contribution in [0, 0.1) is 10.1 Å². The summed E-state index contributed by atoms with van der Waals surface area (Å²) in [6, 6.07) is 0. The Balaban J connectivity index is 2.75. The molecule has 0 atom stereocenters. The second-order valence-electron chi connectivity index (χ2n) is 4.10. The molecule has 0 spiro atoms. The van der Waals surface area contributed by atoms with Crippen molar-refractivity contribution in [1.29, 1.82) is 0 Å². The topological polar surface area (TPSA) is 118 Å². The Morgan fingerprint density at radius 1 is 1.53 bits per heavy atom. The first-order chi connectivity index (χ1) is 7.80. The Kier molecular flexibility index (Phi) is 3.56. The summed E-state index contributed by atoms with van der Waals surface area (Å²) in [6.45, 7) is 3.35. The third-order valence-electron chi connectivity index (χ3n) is 1.89. The molecule has 0 aliphatic rings. The van der Waals surface area contributed by atoms with Gasteiger partial charge >= 0.3 is 11.7 Å². The minimum atomic E-state index is -0.954. The van der Waals surface area contributed by atoms with Gasteiger partial charge in [-0.05, 0) is 13.8 Å². The van der Waals surface area contributed by atoms with E-state index in [-0.39, 0.29) is 18.1 Å². The zero-order chi connectivity index (χ0) is 13.1. The van der Waals surface area contributed by atoms with Crippen molar-refractivity contribution in [2.75, 3.05) is 5.32 Å². The van der Waals surface area contributed by atoms with E-state index < -0.39 is 16.4 Å². The van der Waals surface area contributed by atoms with Crippen LogP contribution in [0.15, 0.2) is 12.4 Å². The molecule has 1 aromatic rings. The summed E-state index contributed by atoms with van der Waals surface area (Å²) in [5.41, 5.74) is -0.950. The normalized spacial score (nSPS) is 10.9. The molecule has 0 bridgehead atoms. The first-order valence-electron chi connectivity index (χ1n) is 4.76. The van der Waals surface area contributed by atoms with Gasteiger partial charge in [-0.1, -0.05) is 0 Å². The number of carbonyl (C=O) groups is 1. The molecule has 0 aliphatic carbocycles. The predicted molar refractivity (Wildman–Crippen MR) is 58.6 cm³/mol. The van der Waals surface area contributed by atoms with Gasteiger partial charge in [0.15, 0.2) is 0 Å². The maximum absolute atomic E-state index is 10.6. The van der Waals surface area contributed by atoms with Crippen molar-refractivity contribution < 1.29 is 14.8 Å². The van der Waals surface area contributed by atoms with Crippen molar-refractivity contribution >= 4 is 17.6 Å². The van der Waals surface area contributed by atoms with Gasteiger partial charge in [0.2, 0.25) is 5.95 Å². The number of anilines is 1. The first kappa shape index (κ1) is 12.8. The Morgan fingerprint density at radius 2 is 2.06 bits per heavy atom. The highest BCUT2D eigenvalue weighted by Crippen LogP contribution is 2.16. The van der Waals surface area contributed by atoms with Crippen molar-refractivity contribution in [3.05, 3.63) is 22.5 Å². The number of hydrogen-bond donors (Lipinski definition) is 2. The van der Waals surface area contributed by atoms with E-state index in [1.54, 1.807) is 13.8 Å².